The highest BCUT2D eigenvalue weighted by Gasteiger charge is 2.33. The van der Waals surface area contributed by atoms with Gasteiger partial charge in [-0.15, -0.1) is 0 Å². The summed E-state index contributed by atoms with van der Waals surface area (Å²) in [5, 5.41) is -0.192. The summed E-state index contributed by atoms with van der Waals surface area (Å²) in [5.41, 5.74) is 0.303. The molecule has 5 heteroatoms. The number of nitrogens with zero attached hydrogens (tertiary/aromatic N) is 1. The van der Waals surface area contributed by atoms with Crippen LogP contribution in [0.15, 0.2) is 29.1 Å². The number of methoxy groups -OCH3 is 1. The average Bonchev–Trinajstić information content (AvgIpc) is 2.27. The van der Waals surface area contributed by atoms with Crippen molar-refractivity contribution in [1.29, 1.82) is 0 Å². The van der Waals surface area contributed by atoms with Crippen LogP contribution in [0.1, 0.15) is 20.8 Å². The van der Waals surface area contributed by atoms with Crippen molar-refractivity contribution in [2.75, 3.05) is 7.11 Å². The molecule has 4 nitrogen and oxygen atoms in total. The monoisotopic (exact) mass is 223 g/mol. The van der Waals surface area contributed by atoms with Crippen LogP contribution in [0.4, 0.5) is 0 Å². The number of carbonyl (C=O) groups is 2. The molecule has 0 unspecified atom stereocenters. The first-order valence-corrected chi connectivity index (χ1v) is 4.52. The molecule has 0 radical (unpaired) electrons. The van der Waals surface area contributed by atoms with Crippen LogP contribution >= 0.6 is 11.6 Å². The first-order chi connectivity index (χ1) is 7.16. The van der Waals surface area contributed by atoms with Gasteiger partial charge in [-0.1, -0.05) is 11.6 Å². The second-order valence-corrected chi connectivity index (χ2v) is 3.28. The van der Waals surface area contributed by atoms with Crippen molar-refractivity contribution in [3.05, 3.63) is 40.4 Å². The van der Waals surface area contributed by atoms with Gasteiger partial charge in [0.15, 0.2) is 5.76 Å². The lowest BCUT2D eigenvalue weighted by Gasteiger charge is -2.14. The second kappa shape index (κ2) is 3.47. The Hall–Kier alpha value is -1.68. The Kier molecular flexibility index (Phi) is 2.28. The van der Waals surface area contributed by atoms with Crippen molar-refractivity contribution in [2.24, 2.45) is 0 Å². The van der Waals surface area contributed by atoms with Crippen molar-refractivity contribution < 1.29 is 14.3 Å². The summed E-state index contributed by atoms with van der Waals surface area (Å²) in [6, 6.07) is 3.09. The van der Waals surface area contributed by atoms with E-state index in [9.17, 15) is 9.59 Å². The van der Waals surface area contributed by atoms with E-state index in [1.165, 1.54) is 19.4 Å². The molecule has 0 amide bonds. The Morgan fingerprint density at radius 3 is 2.73 bits per heavy atom. The normalized spacial score (nSPS) is 15.3. The van der Waals surface area contributed by atoms with E-state index < -0.39 is 11.6 Å². The van der Waals surface area contributed by atoms with Gasteiger partial charge in [0.1, 0.15) is 10.7 Å². The number of carbonyl (C=O) groups excluding carboxylic acids is 2. The van der Waals surface area contributed by atoms with Gasteiger partial charge in [-0.05, 0) is 12.1 Å². The average molecular weight is 224 g/mol. The minimum Gasteiger partial charge on any atom is -0.491 e. The molecule has 1 aliphatic rings. The number of rotatable bonds is 1. The summed E-state index contributed by atoms with van der Waals surface area (Å²) in [6.45, 7) is 0. The summed E-state index contributed by atoms with van der Waals surface area (Å²) in [4.78, 5) is 27.2. The van der Waals surface area contributed by atoms with Crippen LogP contribution in [0, 0.1) is 0 Å². The molecule has 0 atom stereocenters. The van der Waals surface area contributed by atoms with E-state index in [0.29, 0.717) is 0 Å². The Morgan fingerprint density at radius 1 is 1.33 bits per heavy atom. The third-order valence-corrected chi connectivity index (χ3v) is 2.42. The van der Waals surface area contributed by atoms with Gasteiger partial charge in [0, 0.05) is 6.20 Å². The molecule has 2 rings (SSSR count). The third-order valence-electron chi connectivity index (χ3n) is 2.08. The zero-order chi connectivity index (χ0) is 11.0. The van der Waals surface area contributed by atoms with Gasteiger partial charge in [-0.25, -0.2) is 0 Å². The van der Waals surface area contributed by atoms with Crippen molar-refractivity contribution in [2.45, 2.75) is 0 Å². The number of ether oxygens (including phenoxy) is 1. The van der Waals surface area contributed by atoms with Crippen LogP contribution in [0.5, 0.6) is 0 Å². The summed E-state index contributed by atoms with van der Waals surface area (Å²) >= 11 is 5.71. The van der Waals surface area contributed by atoms with Gasteiger partial charge in [-0.2, -0.15) is 0 Å². The van der Waals surface area contributed by atoms with Crippen molar-refractivity contribution in [3.8, 4) is 0 Å². The van der Waals surface area contributed by atoms with E-state index in [1.807, 2.05) is 0 Å². The molecule has 1 aromatic heterocycles. The first kappa shape index (κ1) is 9.86. The van der Waals surface area contributed by atoms with Crippen LogP contribution in [-0.2, 0) is 4.74 Å². The fraction of sp³-hybridized carbons (Fsp3) is 0.100. The van der Waals surface area contributed by atoms with Gasteiger partial charge in [0.2, 0.25) is 11.6 Å². The third kappa shape index (κ3) is 1.34. The van der Waals surface area contributed by atoms with E-state index in [2.05, 4.69) is 4.98 Å². The smallest absolute Gasteiger partial charge is 0.248 e. The van der Waals surface area contributed by atoms with Crippen LogP contribution < -0.4 is 0 Å². The molecule has 15 heavy (non-hydrogen) atoms. The van der Waals surface area contributed by atoms with Crippen molar-refractivity contribution in [1.82, 2.24) is 4.98 Å². The SMILES string of the molecule is COC1=C(Cl)C(=O)c2cccnc2C1=O. The molecule has 76 valence electrons. The minimum atomic E-state index is -0.460. The summed E-state index contributed by atoms with van der Waals surface area (Å²) in [5.74, 6) is -1.04. The molecule has 0 N–H and O–H groups in total. The van der Waals surface area contributed by atoms with Crippen LogP contribution in [-0.4, -0.2) is 23.7 Å². The molecule has 1 heterocycles. The second-order valence-electron chi connectivity index (χ2n) is 2.91. The van der Waals surface area contributed by atoms with Gasteiger partial charge >= 0.3 is 0 Å². The Labute approximate surface area is 90.5 Å². The molecule has 0 saturated carbocycles. The summed E-state index contributed by atoms with van der Waals surface area (Å²) in [7, 11) is 1.29. The van der Waals surface area contributed by atoms with Crippen molar-refractivity contribution >= 4 is 23.2 Å². The van der Waals surface area contributed by atoms with Gasteiger partial charge in [-0.3, -0.25) is 14.6 Å². The van der Waals surface area contributed by atoms with Gasteiger partial charge < -0.3 is 4.74 Å². The lowest BCUT2D eigenvalue weighted by Crippen LogP contribution is -2.22. The first-order valence-electron chi connectivity index (χ1n) is 4.15. The van der Waals surface area contributed by atoms with Crippen molar-refractivity contribution in [3.63, 3.8) is 0 Å². The van der Waals surface area contributed by atoms with E-state index in [0.717, 1.165) is 0 Å². The predicted molar refractivity (Wildman–Crippen MR) is 52.8 cm³/mol. The maximum atomic E-state index is 11.7. The zero-order valence-electron chi connectivity index (χ0n) is 7.78. The maximum Gasteiger partial charge on any atom is 0.248 e. The molecular weight excluding hydrogens is 218 g/mol. The number of fused-ring (bicyclic) bond motifs is 1. The van der Waals surface area contributed by atoms with Gasteiger partial charge in [0.05, 0.1) is 12.7 Å². The standard InChI is InChI=1S/C10H6ClNO3/c1-15-10-6(11)8(13)5-3-2-4-12-7(5)9(10)14/h2-4H,1H3. The number of allylic oxidation sites excluding steroid dienone is 2. The predicted octanol–water partition coefficient (Wildman–Crippen LogP) is 1.56. The largest absolute Gasteiger partial charge is 0.491 e. The molecular formula is C10H6ClNO3. The number of halogens is 1. The molecule has 0 bridgehead atoms. The highest BCUT2D eigenvalue weighted by Crippen LogP contribution is 2.27. The maximum absolute atomic E-state index is 11.7. The number of aromatic nitrogens is 1. The summed E-state index contributed by atoms with van der Waals surface area (Å²) in [6.07, 6.45) is 1.44. The topological polar surface area (TPSA) is 56.3 Å². The molecule has 0 aromatic carbocycles. The number of pyridine rings is 1. The lowest BCUT2D eigenvalue weighted by molar-refractivity contribution is 0.0908. The highest BCUT2D eigenvalue weighted by molar-refractivity contribution is 6.49. The van der Waals surface area contributed by atoms with E-state index in [-0.39, 0.29) is 22.0 Å². The zero-order valence-corrected chi connectivity index (χ0v) is 8.54. The molecule has 1 aliphatic carbocycles. The molecule has 0 saturated heterocycles. The highest BCUT2D eigenvalue weighted by atomic mass is 35.5. The molecule has 0 spiro atoms. The molecule has 1 aromatic rings. The Morgan fingerprint density at radius 2 is 2.07 bits per heavy atom. The van der Waals surface area contributed by atoms with E-state index in [1.54, 1.807) is 6.07 Å². The number of hydrogen-bond donors (Lipinski definition) is 0. The lowest BCUT2D eigenvalue weighted by atomic mass is 9.98. The van der Waals surface area contributed by atoms with Gasteiger partial charge in [0.25, 0.3) is 0 Å². The van der Waals surface area contributed by atoms with Crippen LogP contribution in [0.3, 0.4) is 0 Å². The molecule has 0 fully saturated rings. The van der Waals surface area contributed by atoms with E-state index >= 15 is 0 Å². The fourth-order valence-corrected chi connectivity index (χ4v) is 1.65. The number of Topliss-reactive ketones (excluding diaryl/α,β-unsaturated/α-hetero) is 2. The Bertz CT molecular complexity index is 493. The summed E-state index contributed by atoms with van der Waals surface area (Å²) < 4.78 is 4.78. The van der Waals surface area contributed by atoms with Crippen LogP contribution in [0.2, 0.25) is 0 Å². The molecule has 0 aliphatic heterocycles. The van der Waals surface area contributed by atoms with Crippen LogP contribution in [0.25, 0.3) is 0 Å². The number of hydrogen-bond acceptors (Lipinski definition) is 4. The fourth-order valence-electron chi connectivity index (χ4n) is 1.38. The number of ketones is 2. The Balaban J connectivity index is 2.68. The van der Waals surface area contributed by atoms with E-state index in [4.69, 9.17) is 16.3 Å². The minimum absolute atomic E-state index is 0.0868. The quantitative estimate of drug-likeness (QED) is 0.725.